The summed E-state index contributed by atoms with van der Waals surface area (Å²) in [7, 11) is 0. The number of carbonyl (C=O) groups is 1. The van der Waals surface area contributed by atoms with Crippen LogP contribution in [-0.4, -0.2) is 41.5 Å². The molecule has 0 atom stereocenters. The molecule has 2 rings (SSSR count). The Morgan fingerprint density at radius 1 is 1.23 bits per heavy atom. The van der Waals surface area contributed by atoms with Gasteiger partial charge in [-0.3, -0.25) is 4.79 Å². The quantitative estimate of drug-likeness (QED) is 0.364. The molecule has 0 spiro atoms. The third-order valence-corrected chi connectivity index (χ3v) is 5.31. The lowest BCUT2D eigenvalue weighted by molar-refractivity contribution is 0.0957. The van der Waals surface area contributed by atoms with Gasteiger partial charge in [-0.2, -0.15) is 0 Å². The van der Waals surface area contributed by atoms with Gasteiger partial charge in [-0.15, -0.1) is 22.7 Å². The van der Waals surface area contributed by atoms with E-state index in [1.807, 2.05) is 13.8 Å². The number of hydrogen-bond acceptors (Lipinski definition) is 6. The first-order valence-electron chi connectivity index (χ1n) is 8.66. The highest BCUT2D eigenvalue weighted by Crippen LogP contribution is 2.18. The molecule has 0 bridgehead atoms. The molecule has 26 heavy (non-hydrogen) atoms. The van der Waals surface area contributed by atoms with E-state index < -0.39 is 0 Å². The zero-order valence-electron chi connectivity index (χ0n) is 15.6. The molecule has 7 nitrogen and oxygen atoms in total. The molecule has 0 saturated carbocycles. The van der Waals surface area contributed by atoms with Crippen LogP contribution in [0.4, 0.5) is 0 Å². The number of guanidine groups is 1. The Balaban J connectivity index is 1.79. The summed E-state index contributed by atoms with van der Waals surface area (Å²) < 4.78 is 0. The van der Waals surface area contributed by atoms with Crippen LogP contribution in [0.5, 0.6) is 0 Å². The van der Waals surface area contributed by atoms with Crippen LogP contribution in [0, 0.1) is 6.92 Å². The maximum absolute atomic E-state index is 12.0. The average molecular weight is 395 g/mol. The molecule has 0 aliphatic rings. The Bertz CT molecular complexity index is 737. The SMILES string of the molecule is CCNC(=NCc1nc(C(C)C)cs1)NCCNC(=O)c1scnc1C. The zero-order chi connectivity index (χ0) is 18.9. The third kappa shape index (κ3) is 6.06. The predicted molar refractivity (Wildman–Crippen MR) is 108 cm³/mol. The van der Waals surface area contributed by atoms with E-state index in [0.29, 0.717) is 30.4 Å². The van der Waals surface area contributed by atoms with E-state index in [2.05, 4.69) is 50.1 Å². The average Bonchev–Trinajstić information content (AvgIpc) is 3.25. The fourth-order valence-electron chi connectivity index (χ4n) is 2.11. The van der Waals surface area contributed by atoms with Crippen LogP contribution in [0.1, 0.15) is 52.8 Å². The van der Waals surface area contributed by atoms with Gasteiger partial charge >= 0.3 is 0 Å². The lowest BCUT2D eigenvalue weighted by Crippen LogP contribution is -2.41. The normalized spacial score (nSPS) is 11.7. The zero-order valence-corrected chi connectivity index (χ0v) is 17.3. The molecule has 2 aromatic rings. The summed E-state index contributed by atoms with van der Waals surface area (Å²) in [5.41, 5.74) is 3.56. The van der Waals surface area contributed by atoms with Crippen LogP contribution in [-0.2, 0) is 6.54 Å². The van der Waals surface area contributed by atoms with Gasteiger partial charge in [0.25, 0.3) is 5.91 Å². The second-order valence-corrected chi connectivity index (χ2v) is 7.76. The standard InChI is InChI=1S/C17H26N6OS2/c1-5-18-17(21-8-14-23-13(9-25-14)11(2)3)20-7-6-19-16(24)15-12(4)22-10-26-15/h9-11H,5-8H2,1-4H3,(H,19,24)(H2,18,20,21). The maximum atomic E-state index is 12.0. The number of hydrogen-bond donors (Lipinski definition) is 3. The number of thiazole rings is 2. The molecule has 0 fully saturated rings. The Kier molecular flexibility index (Phi) is 7.99. The number of aryl methyl sites for hydroxylation is 1. The molecule has 0 aliphatic heterocycles. The molecule has 142 valence electrons. The number of amides is 1. The number of nitrogens with zero attached hydrogens (tertiary/aromatic N) is 3. The number of aromatic nitrogens is 2. The van der Waals surface area contributed by atoms with Crippen molar-refractivity contribution in [1.29, 1.82) is 0 Å². The Hall–Kier alpha value is -2.00. The summed E-state index contributed by atoms with van der Waals surface area (Å²) in [4.78, 5) is 25.9. The summed E-state index contributed by atoms with van der Waals surface area (Å²) >= 11 is 2.99. The molecule has 0 aliphatic carbocycles. The van der Waals surface area contributed by atoms with Crippen LogP contribution in [0.3, 0.4) is 0 Å². The number of aliphatic imine (C=N–C) groups is 1. The van der Waals surface area contributed by atoms with Crippen LogP contribution >= 0.6 is 22.7 Å². The van der Waals surface area contributed by atoms with Gasteiger partial charge in [0, 0.05) is 25.0 Å². The Morgan fingerprint density at radius 2 is 2.00 bits per heavy atom. The lowest BCUT2D eigenvalue weighted by atomic mass is 10.2. The minimum atomic E-state index is -0.0854. The van der Waals surface area contributed by atoms with Gasteiger partial charge in [0.15, 0.2) is 5.96 Å². The molecule has 9 heteroatoms. The van der Waals surface area contributed by atoms with E-state index in [1.54, 1.807) is 16.8 Å². The van der Waals surface area contributed by atoms with Gasteiger partial charge < -0.3 is 16.0 Å². The molecule has 2 heterocycles. The fourth-order valence-corrected chi connectivity index (χ4v) is 3.71. The van der Waals surface area contributed by atoms with Gasteiger partial charge in [0.1, 0.15) is 9.88 Å². The predicted octanol–water partition coefficient (Wildman–Crippen LogP) is 2.52. The highest BCUT2D eigenvalue weighted by atomic mass is 32.1. The van der Waals surface area contributed by atoms with E-state index in [4.69, 9.17) is 0 Å². The van der Waals surface area contributed by atoms with Gasteiger partial charge in [0.2, 0.25) is 0 Å². The highest BCUT2D eigenvalue weighted by Gasteiger charge is 2.10. The first kappa shape index (κ1) is 20.3. The van der Waals surface area contributed by atoms with Crippen LogP contribution < -0.4 is 16.0 Å². The van der Waals surface area contributed by atoms with Crippen LogP contribution in [0.25, 0.3) is 0 Å². The monoisotopic (exact) mass is 394 g/mol. The summed E-state index contributed by atoms with van der Waals surface area (Å²) in [6.45, 7) is 10.5. The van der Waals surface area contributed by atoms with Crippen molar-refractivity contribution in [1.82, 2.24) is 25.9 Å². The minimum Gasteiger partial charge on any atom is -0.357 e. The van der Waals surface area contributed by atoms with Gasteiger partial charge in [-0.1, -0.05) is 13.8 Å². The molecule has 0 unspecified atom stereocenters. The molecular formula is C17H26N6OS2. The van der Waals surface area contributed by atoms with Gasteiger partial charge in [-0.05, 0) is 19.8 Å². The van der Waals surface area contributed by atoms with Crippen molar-refractivity contribution in [3.63, 3.8) is 0 Å². The van der Waals surface area contributed by atoms with Crippen molar-refractivity contribution in [2.45, 2.75) is 40.2 Å². The van der Waals surface area contributed by atoms with E-state index >= 15 is 0 Å². The smallest absolute Gasteiger partial charge is 0.263 e. The molecule has 1 amide bonds. The highest BCUT2D eigenvalue weighted by molar-refractivity contribution is 7.11. The molecule has 0 aromatic carbocycles. The van der Waals surface area contributed by atoms with Crippen molar-refractivity contribution in [3.05, 3.63) is 32.2 Å². The summed E-state index contributed by atoms with van der Waals surface area (Å²) in [5, 5.41) is 12.4. The number of carbonyl (C=O) groups excluding carboxylic acids is 1. The van der Waals surface area contributed by atoms with Crippen molar-refractivity contribution < 1.29 is 4.79 Å². The van der Waals surface area contributed by atoms with Gasteiger partial charge in [0.05, 0.1) is 23.4 Å². The second-order valence-electron chi connectivity index (χ2n) is 5.97. The van der Waals surface area contributed by atoms with Crippen LogP contribution in [0.15, 0.2) is 15.9 Å². The van der Waals surface area contributed by atoms with Crippen LogP contribution in [0.2, 0.25) is 0 Å². The number of nitrogens with one attached hydrogen (secondary N) is 3. The summed E-state index contributed by atoms with van der Waals surface area (Å²) in [6, 6.07) is 0. The molecule has 2 aromatic heterocycles. The third-order valence-electron chi connectivity index (χ3n) is 3.53. The Morgan fingerprint density at radius 3 is 2.62 bits per heavy atom. The van der Waals surface area contributed by atoms with Crippen molar-refractivity contribution in [2.24, 2.45) is 4.99 Å². The van der Waals surface area contributed by atoms with E-state index in [-0.39, 0.29) is 5.91 Å². The molecule has 0 saturated heterocycles. The number of rotatable bonds is 8. The molecule has 3 N–H and O–H groups in total. The maximum Gasteiger partial charge on any atom is 0.263 e. The molecular weight excluding hydrogens is 368 g/mol. The largest absolute Gasteiger partial charge is 0.357 e. The minimum absolute atomic E-state index is 0.0854. The van der Waals surface area contributed by atoms with Gasteiger partial charge in [-0.25, -0.2) is 15.0 Å². The Labute approximate surface area is 162 Å². The summed E-state index contributed by atoms with van der Waals surface area (Å²) in [5.74, 6) is 1.07. The topological polar surface area (TPSA) is 91.3 Å². The van der Waals surface area contributed by atoms with Crippen molar-refractivity contribution in [3.8, 4) is 0 Å². The first-order chi connectivity index (χ1) is 12.5. The lowest BCUT2D eigenvalue weighted by Gasteiger charge is -2.11. The molecule has 0 radical (unpaired) electrons. The van der Waals surface area contributed by atoms with Crippen molar-refractivity contribution >= 4 is 34.5 Å². The van der Waals surface area contributed by atoms with E-state index in [1.165, 1.54) is 11.3 Å². The summed E-state index contributed by atoms with van der Waals surface area (Å²) in [6.07, 6.45) is 0. The second kappa shape index (κ2) is 10.2. The van der Waals surface area contributed by atoms with E-state index in [0.717, 1.165) is 28.9 Å². The van der Waals surface area contributed by atoms with Crippen molar-refractivity contribution in [2.75, 3.05) is 19.6 Å². The first-order valence-corrected chi connectivity index (χ1v) is 10.4. The fraction of sp³-hybridized carbons (Fsp3) is 0.529. The van der Waals surface area contributed by atoms with E-state index in [9.17, 15) is 4.79 Å².